The van der Waals surface area contributed by atoms with Crippen LogP contribution in [0.5, 0.6) is 5.75 Å². The Morgan fingerprint density at radius 3 is 2.74 bits per heavy atom. The van der Waals surface area contributed by atoms with Gasteiger partial charge in [-0.2, -0.15) is 0 Å². The van der Waals surface area contributed by atoms with Gasteiger partial charge in [0.05, 0.1) is 4.47 Å². The number of hydrogen-bond donors (Lipinski definition) is 2. The number of carbonyl (C=O) groups excluding carboxylic acids is 1. The van der Waals surface area contributed by atoms with Crippen molar-refractivity contribution in [3.05, 3.63) is 34.3 Å². The van der Waals surface area contributed by atoms with Crippen LogP contribution in [0.3, 0.4) is 0 Å². The molecule has 0 heterocycles. The molecule has 1 amide bonds. The standard InChI is InChI=1S/C13H14BrNO4/c1-8(13(18)15-2)19-12-9(6-7-11(16)17)4-3-5-10(12)14/h3-8H,1-2H3,(H,15,18)(H,16,17). The summed E-state index contributed by atoms with van der Waals surface area (Å²) in [6.45, 7) is 1.61. The number of rotatable bonds is 5. The van der Waals surface area contributed by atoms with Crippen LogP contribution in [-0.4, -0.2) is 30.1 Å². The summed E-state index contributed by atoms with van der Waals surface area (Å²) in [6.07, 6.45) is 1.75. The Balaban J connectivity index is 3.04. The summed E-state index contributed by atoms with van der Waals surface area (Å²) in [7, 11) is 1.52. The van der Waals surface area contributed by atoms with Crippen LogP contribution in [0.1, 0.15) is 12.5 Å². The fraction of sp³-hybridized carbons (Fsp3) is 0.231. The fourth-order valence-corrected chi connectivity index (χ4v) is 1.85. The molecule has 19 heavy (non-hydrogen) atoms. The average Bonchev–Trinajstić information content (AvgIpc) is 2.38. The molecule has 1 atom stereocenters. The molecule has 1 aromatic rings. The third-order valence-corrected chi connectivity index (χ3v) is 2.94. The van der Waals surface area contributed by atoms with Gasteiger partial charge in [0.1, 0.15) is 5.75 Å². The molecule has 2 N–H and O–H groups in total. The molecule has 0 radical (unpaired) electrons. The summed E-state index contributed by atoms with van der Waals surface area (Å²) < 4.78 is 6.21. The Morgan fingerprint density at radius 2 is 2.16 bits per heavy atom. The molecule has 0 aliphatic rings. The molecule has 0 aliphatic carbocycles. The Kier molecular flexibility index (Phi) is 5.57. The van der Waals surface area contributed by atoms with E-state index in [0.29, 0.717) is 15.8 Å². The smallest absolute Gasteiger partial charge is 0.328 e. The molecule has 0 aromatic heterocycles. The Labute approximate surface area is 119 Å². The SMILES string of the molecule is CNC(=O)C(C)Oc1c(Br)cccc1C=CC(=O)O. The third-order valence-electron chi connectivity index (χ3n) is 2.31. The maximum Gasteiger partial charge on any atom is 0.328 e. The van der Waals surface area contributed by atoms with Crippen molar-refractivity contribution in [1.82, 2.24) is 5.32 Å². The highest BCUT2D eigenvalue weighted by molar-refractivity contribution is 9.10. The molecule has 1 aromatic carbocycles. The van der Waals surface area contributed by atoms with Crippen molar-refractivity contribution < 1.29 is 19.4 Å². The van der Waals surface area contributed by atoms with Crippen molar-refractivity contribution in [2.75, 3.05) is 7.05 Å². The minimum Gasteiger partial charge on any atom is -0.479 e. The minimum atomic E-state index is -1.05. The Morgan fingerprint density at radius 1 is 1.47 bits per heavy atom. The van der Waals surface area contributed by atoms with Gasteiger partial charge in [-0.1, -0.05) is 12.1 Å². The fourth-order valence-electron chi connectivity index (χ4n) is 1.38. The van der Waals surface area contributed by atoms with E-state index in [2.05, 4.69) is 21.2 Å². The predicted molar refractivity (Wildman–Crippen MR) is 75.0 cm³/mol. The van der Waals surface area contributed by atoms with Crippen molar-refractivity contribution in [1.29, 1.82) is 0 Å². The molecule has 0 saturated heterocycles. The number of likely N-dealkylation sites (N-methyl/N-ethyl adjacent to an activating group) is 1. The number of amides is 1. The molecular weight excluding hydrogens is 314 g/mol. The van der Waals surface area contributed by atoms with E-state index >= 15 is 0 Å². The number of carboxylic acids is 1. The largest absolute Gasteiger partial charge is 0.479 e. The van der Waals surface area contributed by atoms with Gasteiger partial charge in [-0.05, 0) is 35.0 Å². The van der Waals surface area contributed by atoms with Gasteiger partial charge in [0, 0.05) is 18.7 Å². The Hall–Kier alpha value is -1.82. The van der Waals surface area contributed by atoms with Gasteiger partial charge in [0.2, 0.25) is 0 Å². The molecule has 1 unspecified atom stereocenters. The van der Waals surface area contributed by atoms with E-state index in [1.165, 1.54) is 13.1 Å². The van der Waals surface area contributed by atoms with E-state index in [1.807, 2.05) is 0 Å². The lowest BCUT2D eigenvalue weighted by Gasteiger charge is -2.16. The van der Waals surface area contributed by atoms with Crippen LogP contribution in [-0.2, 0) is 9.59 Å². The second-order valence-corrected chi connectivity index (χ2v) is 4.56. The van der Waals surface area contributed by atoms with Crippen molar-refractivity contribution in [3.63, 3.8) is 0 Å². The summed E-state index contributed by atoms with van der Waals surface area (Å²) in [5.74, 6) is -0.884. The van der Waals surface area contributed by atoms with Gasteiger partial charge in [-0.3, -0.25) is 4.79 Å². The summed E-state index contributed by atoms with van der Waals surface area (Å²) >= 11 is 3.32. The van der Waals surface area contributed by atoms with Crippen LogP contribution in [0.2, 0.25) is 0 Å². The lowest BCUT2D eigenvalue weighted by atomic mass is 10.2. The first-order valence-electron chi connectivity index (χ1n) is 5.53. The van der Waals surface area contributed by atoms with Gasteiger partial charge in [0.25, 0.3) is 5.91 Å². The van der Waals surface area contributed by atoms with Crippen LogP contribution in [0.4, 0.5) is 0 Å². The zero-order chi connectivity index (χ0) is 14.4. The van der Waals surface area contributed by atoms with Crippen LogP contribution >= 0.6 is 15.9 Å². The molecule has 0 aliphatic heterocycles. The van der Waals surface area contributed by atoms with Gasteiger partial charge in [0.15, 0.2) is 6.10 Å². The number of hydrogen-bond acceptors (Lipinski definition) is 3. The predicted octanol–water partition coefficient (Wildman–Crippen LogP) is 2.06. The number of carbonyl (C=O) groups is 2. The first-order chi connectivity index (χ1) is 8.95. The summed E-state index contributed by atoms with van der Waals surface area (Å²) in [4.78, 5) is 22.0. The molecule has 0 spiro atoms. The van der Waals surface area contributed by atoms with Gasteiger partial charge in [-0.25, -0.2) is 4.79 Å². The average molecular weight is 328 g/mol. The Bertz CT molecular complexity index is 513. The van der Waals surface area contributed by atoms with E-state index in [-0.39, 0.29) is 5.91 Å². The van der Waals surface area contributed by atoms with Crippen LogP contribution in [0.15, 0.2) is 28.7 Å². The van der Waals surface area contributed by atoms with Crippen molar-refractivity contribution in [2.24, 2.45) is 0 Å². The minimum absolute atomic E-state index is 0.260. The van der Waals surface area contributed by atoms with Crippen LogP contribution in [0, 0.1) is 0 Å². The maximum atomic E-state index is 11.4. The number of carboxylic acid groups (broad SMARTS) is 1. The third kappa shape index (κ3) is 4.40. The van der Waals surface area contributed by atoms with Gasteiger partial charge < -0.3 is 15.2 Å². The molecule has 5 nitrogen and oxygen atoms in total. The number of benzene rings is 1. The first-order valence-corrected chi connectivity index (χ1v) is 6.32. The zero-order valence-electron chi connectivity index (χ0n) is 10.5. The molecular formula is C13H14BrNO4. The van der Waals surface area contributed by atoms with Crippen molar-refractivity contribution >= 4 is 33.9 Å². The highest BCUT2D eigenvalue weighted by atomic mass is 79.9. The quantitative estimate of drug-likeness (QED) is 0.812. The lowest BCUT2D eigenvalue weighted by Crippen LogP contribution is -2.33. The summed E-state index contributed by atoms with van der Waals surface area (Å²) in [6, 6.07) is 5.21. The molecule has 6 heteroatoms. The number of halogens is 1. The van der Waals surface area contributed by atoms with E-state index in [9.17, 15) is 9.59 Å². The van der Waals surface area contributed by atoms with Crippen molar-refractivity contribution in [2.45, 2.75) is 13.0 Å². The molecule has 102 valence electrons. The van der Waals surface area contributed by atoms with Crippen molar-refractivity contribution in [3.8, 4) is 5.75 Å². The number of para-hydroxylation sites is 1. The first kappa shape index (κ1) is 15.2. The van der Waals surface area contributed by atoms with Crippen LogP contribution in [0.25, 0.3) is 6.08 Å². The second-order valence-electron chi connectivity index (χ2n) is 3.70. The molecule has 0 saturated carbocycles. The van der Waals surface area contributed by atoms with E-state index in [4.69, 9.17) is 9.84 Å². The van der Waals surface area contributed by atoms with E-state index < -0.39 is 12.1 Å². The van der Waals surface area contributed by atoms with E-state index in [0.717, 1.165) is 6.08 Å². The second kappa shape index (κ2) is 6.94. The molecule has 1 rings (SSSR count). The molecule has 0 fully saturated rings. The highest BCUT2D eigenvalue weighted by Gasteiger charge is 2.16. The molecule has 0 bridgehead atoms. The van der Waals surface area contributed by atoms with Crippen LogP contribution < -0.4 is 10.1 Å². The summed E-state index contributed by atoms with van der Waals surface area (Å²) in [5, 5.41) is 11.1. The van der Waals surface area contributed by atoms with E-state index in [1.54, 1.807) is 25.1 Å². The van der Waals surface area contributed by atoms with Gasteiger partial charge >= 0.3 is 5.97 Å². The maximum absolute atomic E-state index is 11.4. The number of ether oxygens (including phenoxy) is 1. The van der Waals surface area contributed by atoms with Gasteiger partial charge in [-0.15, -0.1) is 0 Å². The number of nitrogens with one attached hydrogen (secondary N) is 1. The number of aliphatic carboxylic acids is 1. The monoisotopic (exact) mass is 327 g/mol. The highest BCUT2D eigenvalue weighted by Crippen LogP contribution is 2.30. The topological polar surface area (TPSA) is 75.6 Å². The normalized spacial score (nSPS) is 12.2. The summed E-state index contributed by atoms with van der Waals surface area (Å²) in [5.41, 5.74) is 0.576. The zero-order valence-corrected chi connectivity index (χ0v) is 12.1. The lowest BCUT2D eigenvalue weighted by molar-refractivity contribution is -0.131.